The van der Waals surface area contributed by atoms with E-state index in [2.05, 4.69) is 0 Å². The van der Waals surface area contributed by atoms with Gasteiger partial charge in [0.2, 0.25) is 10.0 Å². The standard InChI is InChI=1S/C19H20ClNO4S/c1-24-17-7-8-18(25-2)19(13-17)26(22,23)21-11-9-15(10-12-21)14-3-5-16(20)6-4-14/h3-9,13H,10-12H2,1-2H3. The van der Waals surface area contributed by atoms with Gasteiger partial charge in [-0.05, 0) is 41.8 Å². The summed E-state index contributed by atoms with van der Waals surface area (Å²) in [6.07, 6.45) is 2.57. The highest BCUT2D eigenvalue weighted by atomic mass is 35.5. The zero-order valence-electron chi connectivity index (χ0n) is 14.6. The molecule has 5 nitrogen and oxygen atoms in total. The van der Waals surface area contributed by atoms with E-state index in [-0.39, 0.29) is 4.90 Å². The second-order valence-electron chi connectivity index (χ2n) is 5.87. The van der Waals surface area contributed by atoms with Gasteiger partial charge in [0, 0.05) is 24.2 Å². The molecule has 0 amide bonds. The average molecular weight is 394 g/mol. The molecule has 2 aromatic rings. The summed E-state index contributed by atoms with van der Waals surface area (Å²) in [5, 5.41) is 0.680. The lowest BCUT2D eigenvalue weighted by Crippen LogP contribution is -2.34. The van der Waals surface area contributed by atoms with Gasteiger partial charge in [0.05, 0.1) is 14.2 Å². The SMILES string of the molecule is COc1ccc(OC)c(S(=O)(=O)N2CC=C(c3ccc(Cl)cc3)CC2)c1. The number of rotatable bonds is 5. The van der Waals surface area contributed by atoms with E-state index in [0.29, 0.717) is 36.0 Å². The second kappa shape index (κ2) is 7.70. The van der Waals surface area contributed by atoms with Crippen LogP contribution in [0.25, 0.3) is 5.57 Å². The molecule has 0 aliphatic carbocycles. The van der Waals surface area contributed by atoms with Crippen LogP contribution in [0.15, 0.2) is 53.4 Å². The number of sulfonamides is 1. The second-order valence-corrected chi connectivity index (χ2v) is 8.21. The maximum Gasteiger partial charge on any atom is 0.247 e. The summed E-state index contributed by atoms with van der Waals surface area (Å²) < 4.78 is 38.0. The van der Waals surface area contributed by atoms with Crippen molar-refractivity contribution in [2.45, 2.75) is 11.3 Å². The van der Waals surface area contributed by atoms with Crippen LogP contribution in [0.1, 0.15) is 12.0 Å². The Balaban J connectivity index is 1.87. The third-order valence-electron chi connectivity index (χ3n) is 4.38. The highest BCUT2D eigenvalue weighted by molar-refractivity contribution is 7.89. The lowest BCUT2D eigenvalue weighted by molar-refractivity contribution is 0.386. The topological polar surface area (TPSA) is 55.8 Å². The van der Waals surface area contributed by atoms with Gasteiger partial charge in [-0.15, -0.1) is 0 Å². The highest BCUT2D eigenvalue weighted by Gasteiger charge is 2.29. The number of ether oxygens (including phenoxy) is 2. The molecule has 1 heterocycles. The van der Waals surface area contributed by atoms with Gasteiger partial charge in [0.25, 0.3) is 0 Å². The van der Waals surface area contributed by atoms with Gasteiger partial charge >= 0.3 is 0 Å². The van der Waals surface area contributed by atoms with E-state index >= 15 is 0 Å². The third kappa shape index (κ3) is 3.72. The molecule has 0 bridgehead atoms. The first-order valence-corrected chi connectivity index (χ1v) is 9.94. The number of halogens is 1. The van der Waals surface area contributed by atoms with E-state index in [1.807, 2.05) is 30.3 Å². The molecule has 2 aromatic carbocycles. The van der Waals surface area contributed by atoms with Crippen molar-refractivity contribution in [2.75, 3.05) is 27.3 Å². The van der Waals surface area contributed by atoms with E-state index in [1.54, 1.807) is 12.1 Å². The first-order valence-electron chi connectivity index (χ1n) is 8.13. The van der Waals surface area contributed by atoms with E-state index in [0.717, 1.165) is 11.1 Å². The molecule has 0 fully saturated rings. The van der Waals surface area contributed by atoms with E-state index < -0.39 is 10.0 Å². The molecule has 0 N–H and O–H groups in total. The summed E-state index contributed by atoms with van der Waals surface area (Å²) >= 11 is 5.93. The van der Waals surface area contributed by atoms with Crippen molar-refractivity contribution in [3.05, 3.63) is 59.1 Å². The molecule has 0 saturated heterocycles. The Kier molecular flexibility index (Phi) is 5.55. The van der Waals surface area contributed by atoms with Gasteiger partial charge in [0.15, 0.2) is 0 Å². The van der Waals surface area contributed by atoms with Crippen LogP contribution in [-0.4, -0.2) is 40.0 Å². The summed E-state index contributed by atoms with van der Waals surface area (Å²) in [6.45, 7) is 0.706. The summed E-state index contributed by atoms with van der Waals surface area (Å²) in [6, 6.07) is 12.3. The minimum Gasteiger partial charge on any atom is -0.497 e. The first-order chi connectivity index (χ1) is 12.5. The minimum absolute atomic E-state index is 0.114. The monoisotopic (exact) mass is 393 g/mol. The van der Waals surface area contributed by atoms with Gasteiger partial charge in [-0.1, -0.05) is 29.8 Å². The van der Waals surface area contributed by atoms with E-state index in [1.165, 1.54) is 24.6 Å². The van der Waals surface area contributed by atoms with E-state index in [4.69, 9.17) is 21.1 Å². The predicted molar refractivity (Wildman–Crippen MR) is 102 cm³/mol. The zero-order valence-corrected chi connectivity index (χ0v) is 16.2. The molecule has 0 atom stereocenters. The molecule has 0 unspecified atom stereocenters. The average Bonchev–Trinajstić information content (AvgIpc) is 2.68. The van der Waals surface area contributed by atoms with Gasteiger partial charge in [0.1, 0.15) is 16.4 Å². The third-order valence-corrected chi connectivity index (χ3v) is 6.51. The number of hydrogen-bond donors (Lipinski definition) is 0. The molecular weight excluding hydrogens is 374 g/mol. The number of hydrogen-bond acceptors (Lipinski definition) is 4. The molecule has 138 valence electrons. The molecular formula is C19H20ClNO4S. The summed E-state index contributed by atoms with van der Waals surface area (Å²) in [5.41, 5.74) is 2.18. The Morgan fingerprint density at radius 3 is 2.35 bits per heavy atom. The maximum atomic E-state index is 13.1. The quantitative estimate of drug-likeness (QED) is 0.774. The molecule has 0 spiro atoms. The van der Waals surface area contributed by atoms with Crippen molar-refractivity contribution >= 4 is 27.2 Å². The minimum atomic E-state index is -3.69. The molecule has 3 rings (SSSR count). The van der Waals surface area contributed by atoms with Crippen LogP contribution in [0.4, 0.5) is 0 Å². The Labute approximate surface area is 158 Å². The fourth-order valence-electron chi connectivity index (χ4n) is 2.92. The molecule has 0 radical (unpaired) electrons. The predicted octanol–water partition coefficient (Wildman–Crippen LogP) is 3.84. The zero-order chi connectivity index (χ0) is 18.7. The normalized spacial score (nSPS) is 15.4. The Bertz CT molecular complexity index is 923. The molecule has 26 heavy (non-hydrogen) atoms. The van der Waals surface area contributed by atoms with Crippen LogP contribution >= 0.6 is 11.6 Å². The molecule has 0 aromatic heterocycles. The number of nitrogens with zero attached hydrogens (tertiary/aromatic N) is 1. The number of methoxy groups -OCH3 is 2. The molecule has 1 aliphatic rings. The van der Waals surface area contributed by atoms with Crippen LogP contribution in [0.2, 0.25) is 5.02 Å². The summed E-state index contributed by atoms with van der Waals surface area (Å²) in [5.74, 6) is 0.775. The van der Waals surface area contributed by atoms with Crippen molar-refractivity contribution in [1.82, 2.24) is 4.31 Å². The van der Waals surface area contributed by atoms with Crippen LogP contribution in [0.5, 0.6) is 11.5 Å². The Morgan fingerprint density at radius 2 is 1.77 bits per heavy atom. The Morgan fingerprint density at radius 1 is 1.04 bits per heavy atom. The van der Waals surface area contributed by atoms with Crippen LogP contribution in [-0.2, 0) is 10.0 Å². The fraction of sp³-hybridized carbons (Fsp3) is 0.263. The van der Waals surface area contributed by atoms with Crippen LogP contribution in [0, 0.1) is 0 Å². The van der Waals surface area contributed by atoms with Gasteiger partial charge < -0.3 is 9.47 Å². The highest BCUT2D eigenvalue weighted by Crippen LogP contribution is 2.33. The number of benzene rings is 2. The van der Waals surface area contributed by atoms with Crippen LogP contribution < -0.4 is 9.47 Å². The lowest BCUT2D eigenvalue weighted by Gasteiger charge is -2.26. The van der Waals surface area contributed by atoms with E-state index in [9.17, 15) is 8.42 Å². The van der Waals surface area contributed by atoms with Gasteiger partial charge in [-0.3, -0.25) is 0 Å². The lowest BCUT2D eigenvalue weighted by atomic mass is 10.0. The van der Waals surface area contributed by atoms with Gasteiger partial charge in [-0.2, -0.15) is 4.31 Å². The molecule has 7 heteroatoms. The largest absolute Gasteiger partial charge is 0.497 e. The van der Waals surface area contributed by atoms with Gasteiger partial charge in [-0.25, -0.2) is 8.42 Å². The van der Waals surface area contributed by atoms with Crippen molar-refractivity contribution in [1.29, 1.82) is 0 Å². The molecule has 0 saturated carbocycles. The fourth-order valence-corrected chi connectivity index (χ4v) is 4.60. The van der Waals surface area contributed by atoms with Crippen molar-refractivity contribution in [2.24, 2.45) is 0 Å². The molecule has 1 aliphatic heterocycles. The van der Waals surface area contributed by atoms with Crippen molar-refractivity contribution < 1.29 is 17.9 Å². The van der Waals surface area contributed by atoms with Crippen molar-refractivity contribution in [3.63, 3.8) is 0 Å². The Hall–Kier alpha value is -2.02. The first kappa shape index (κ1) is 18.8. The van der Waals surface area contributed by atoms with Crippen molar-refractivity contribution in [3.8, 4) is 11.5 Å². The van der Waals surface area contributed by atoms with Crippen LogP contribution in [0.3, 0.4) is 0 Å². The summed E-state index contributed by atoms with van der Waals surface area (Å²) in [4.78, 5) is 0.114. The summed E-state index contributed by atoms with van der Waals surface area (Å²) in [7, 11) is -0.733. The maximum absolute atomic E-state index is 13.1. The smallest absolute Gasteiger partial charge is 0.247 e.